The van der Waals surface area contributed by atoms with Gasteiger partial charge in [0.1, 0.15) is 0 Å². The van der Waals surface area contributed by atoms with E-state index in [-0.39, 0.29) is 29.9 Å². The summed E-state index contributed by atoms with van der Waals surface area (Å²) in [5, 5.41) is 2.99. The molecule has 0 saturated carbocycles. The zero-order valence-electron chi connectivity index (χ0n) is 15.3. The van der Waals surface area contributed by atoms with E-state index >= 15 is 0 Å². The number of benzene rings is 1. The van der Waals surface area contributed by atoms with Crippen LogP contribution in [0.25, 0.3) is 0 Å². The van der Waals surface area contributed by atoms with E-state index in [1.807, 2.05) is 0 Å². The smallest absolute Gasteiger partial charge is 0.227 e. The van der Waals surface area contributed by atoms with Gasteiger partial charge in [0.2, 0.25) is 11.8 Å². The summed E-state index contributed by atoms with van der Waals surface area (Å²) in [4.78, 5) is 37.7. The van der Waals surface area contributed by atoms with E-state index in [1.54, 1.807) is 29.2 Å². The Balaban J connectivity index is 1.52. The quantitative estimate of drug-likeness (QED) is 0.630. The number of carbonyl (C=O) groups excluding carboxylic acids is 3. The Labute approximate surface area is 154 Å². The van der Waals surface area contributed by atoms with Crippen molar-refractivity contribution in [3.05, 3.63) is 41.5 Å². The molecule has 0 radical (unpaired) electrons. The summed E-state index contributed by atoms with van der Waals surface area (Å²) < 4.78 is 0. The van der Waals surface area contributed by atoms with Crippen LogP contribution in [-0.2, 0) is 9.59 Å². The van der Waals surface area contributed by atoms with Gasteiger partial charge >= 0.3 is 0 Å². The maximum atomic E-state index is 12.4. The third kappa shape index (κ3) is 4.40. The Bertz CT molecular complexity index is 721. The number of Topliss-reactive ketones (excluding diaryl/α,β-unsaturated/α-hetero) is 1. The topological polar surface area (TPSA) is 66.5 Å². The number of nitrogens with zero attached hydrogens (tertiary/aromatic N) is 1. The molecule has 1 saturated heterocycles. The molecule has 0 aromatic heterocycles. The lowest BCUT2D eigenvalue weighted by atomic mass is 9.97. The summed E-state index contributed by atoms with van der Waals surface area (Å²) in [7, 11) is 0. The predicted octanol–water partition coefficient (Wildman–Crippen LogP) is 3.25. The predicted molar refractivity (Wildman–Crippen MR) is 101 cm³/mol. The summed E-state index contributed by atoms with van der Waals surface area (Å²) in [6.07, 6.45) is 8.24. The third-order valence-electron chi connectivity index (χ3n) is 5.21. The van der Waals surface area contributed by atoms with Crippen molar-refractivity contribution in [1.82, 2.24) is 5.32 Å². The first-order valence-corrected chi connectivity index (χ1v) is 9.41. The van der Waals surface area contributed by atoms with Gasteiger partial charge in [0.05, 0.1) is 5.92 Å². The molecule has 138 valence electrons. The van der Waals surface area contributed by atoms with Crippen LogP contribution in [0.5, 0.6) is 0 Å². The van der Waals surface area contributed by atoms with Gasteiger partial charge in [-0.15, -0.1) is 0 Å². The van der Waals surface area contributed by atoms with Gasteiger partial charge in [-0.2, -0.15) is 0 Å². The van der Waals surface area contributed by atoms with Crippen molar-refractivity contribution < 1.29 is 14.4 Å². The molecule has 0 bridgehead atoms. The number of ketones is 1. The molecule has 1 unspecified atom stereocenters. The molecule has 2 amide bonds. The zero-order chi connectivity index (χ0) is 18.5. The highest BCUT2D eigenvalue weighted by molar-refractivity contribution is 6.01. The van der Waals surface area contributed by atoms with Crippen LogP contribution in [0.3, 0.4) is 0 Å². The van der Waals surface area contributed by atoms with Gasteiger partial charge in [-0.3, -0.25) is 14.4 Å². The summed E-state index contributed by atoms with van der Waals surface area (Å²) in [6.45, 7) is 2.55. The van der Waals surface area contributed by atoms with Crippen LogP contribution < -0.4 is 10.2 Å². The van der Waals surface area contributed by atoms with Crippen LogP contribution in [0.4, 0.5) is 5.69 Å². The first kappa shape index (κ1) is 18.4. The number of amides is 2. The van der Waals surface area contributed by atoms with E-state index in [2.05, 4.69) is 11.4 Å². The number of nitrogens with one attached hydrogen (secondary N) is 1. The highest BCUT2D eigenvalue weighted by Crippen LogP contribution is 2.26. The van der Waals surface area contributed by atoms with E-state index in [9.17, 15) is 14.4 Å². The number of rotatable bonds is 6. The Morgan fingerprint density at radius 3 is 2.62 bits per heavy atom. The first-order valence-electron chi connectivity index (χ1n) is 9.41. The number of hydrogen-bond donors (Lipinski definition) is 1. The van der Waals surface area contributed by atoms with Crippen LogP contribution in [-0.4, -0.2) is 30.7 Å². The largest absolute Gasteiger partial charge is 0.355 e. The molecule has 1 fully saturated rings. The minimum atomic E-state index is -0.310. The monoisotopic (exact) mass is 354 g/mol. The van der Waals surface area contributed by atoms with Gasteiger partial charge in [-0.25, -0.2) is 0 Å². The SMILES string of the molecule is CC(=O)c1ccc(N2CC(C(=O)NCCC3=CCCCC3)CC2=O)cc1. The number of carbonyl (C=O) groups is 3. The molecule has 1 aliphatic heterocycles. The van der Waals surface area contributed by atoms with Crippen molar-refractivity contribution >= 4 is 23.3 Å². The third-order valence-corrected chi connectivity index (χ3v) is 5.21. The molecule has 1 aromatic carbocycles. The van der Waals surface area contributed by atoms with Gasteiger partial charge in [-0.05, 0) is 63.3 Å². The summed E-state index contributed by atoms with van der Waals surface area (Å²) >= 11 is 0. The van der Waals surface area contributed by atoms with E-state index in [0.717, 1.165) is 24.9 Å². The van der Waals surface area contributed by atoms with Crippen molar-refractivity contribution in [2.24, 2.45) is 5.92 Å². The second-order valence-electron chi connectivity index (χ2n) is 7.16. The maximum absolute atomic E-state index is 12.4. The van der Waals surface area contributed by atoms with E-state index in [4.69, 9.17) is 0 Å². The molecular weight excluding hydrogens is 328 g/mol. The second kappa shape index (κ2) is 8.30. The van der Waals surface area contributed by atoms with Crippen LogP contribution >= 0.6 is 0 Å². The molecule has 0 spiro atoms. The molecule has 26 heavy (non-hydrogen) atoms. The van der Waals surface area contributed by atoms with Crippen molar-refractivity contribution in [2.45, 2.75) is 45.4 Å². The Hall–Kier alpha value is -2.43. The van der Waals surface area contributed by atoms with Crippen LogP contribution in [0.1, 0.15) is 55.8 Å². The first-order chi connectivity index (χ1) is 12.5. The van der Waals surface area contributed by atoms with Gasteiger partial charge in [0, 0.05) is 30.8 Å². The summed E-state index contributed by atoms with van der Waals surface area (Å²) in [5.74, 6) is -0.404. The van der Waals surface area contributed by atoms with Gasteiger partial charge in [0.15, 0.2) is 5.78 Å². The second-order valence-corrected chi connectivity index (χ2v) is 7.16. The minimum absolute atomic E-state index is 0.00497. The van der Waals surface area contributed by atoms with E-state index in [1.165, 1.54) is 25.3 Å². The molecule has 5 nitrogen and oxygen atoms in total. The van der Waals surface area contributed by atoms with E-state index in [0.29, 0.717) is 18.7 Å². The lowest BCUT2D eigenvalue weighted by Gasteiger charge is -2.17. The normalized spacial score (nSPS) is 20.0. The summed E-state index contributed by atoms with van der Waals surface area (Å²) in [5.41, 5.74) is 2.79. The van der Waals surface area contributed by atoms with Gasteiger partial charge in [-0.1, -0.05) is 11.6 Å². The molecule has 5 heteroatoms. The standard InChI is InChI=1S/C21H26N2O3/c1-15(24)17-7-9-19(10-8-17)23-14-18(13-20(23)25)21(26)22-12-11-16-5-3-2-4-6-16/h5,7-10,18H,2-4,6,11-14H2,1H3,(H,22,26). The lowest BCUT2D eigenvalue weighted by molar-refractivity contribution is -0.126. The van der Waals surface area contributed by atoms with Crippen molar-refractivity contribution in [3.8, 4) is 0 Å². The Morgan fingerprint density at radius 1 is 1.19 bits per heavy atom. The average molecular weight is 354 g/mol. The van der Waals surface area contributed by atoms with Crippen LogP contribution in [0, 0.1) is 5.92 Å². The number of hydrogen-bond acceptors (Lipinski definition) is 3. The van der Waals surface area contributed by atoms with Crippen molar-refractivity contribution in [1.29, 1.82) is 0 Å². The molecule has 3 rings (SSSR count). The number of allylic oxidation sites excluding steroid dienone is 1. The molecule has 2 aliphatic rings. The summed E-state index contributed by atoms with van der Waals surface area (Å²) in [6, 6.07) is 6.97. The highest BCUT2D eigenvalue weighted by atomic mass is 16.2. The molecule has 1 aliphatic carbocycles. The average Bonchev–Trinajstić information content (AvgIpc) is 3.04. The molecule has 1 atom stereocenters. The fourth-order valence-corrected chi connectivity index (χ4v) is 3.63. The Kier molecular flexibility index (Phi) is 5.86. The van der Waals surface area contributed by atoms with Crippen LogP contribution in [0.15, 0.2) is 35.9 Å². The van der Waals surface area contributed by atoms with Crippen molar-refractivity contribution in [3.63, 3.8) is 0 Å². The van der Waals surface area contributed by atoms with Crippen LogP contribution in [0.2, 0.25) is 0 Å². The minimum Gasteiger partial charge on any atom is -0.355 e. The molecule has 1 heterocycles. The number of anilines is 1. The fourth-order valence-electron chi connectivity index (χ4n) is 3.63. The Morgan fingerprint density at radius 2 is 1.96 bits per heavy atom. The molecular formula is C21H26N2O3. The van der Waals surface area contributed by atoms with Gasteiger partial charge in [0.25, 0.3) is 0 Å². The van der Waals surface area contributed by atoms with E-state index < -0.39 is 0 Å². The maximum Gasteiger partial charge on any atom is 0.227 e. The fraction of sp³-hybridized carbons (Fsp3) is 0.476. The molecule has 1 aromatic rings. The molecule has 1 N–H and O–H groups in total. The zero-order valence-corrected chi connectivity index (χ0v) is 15.3. The lowest BCUT2D eigenvalue weighted by Crippen LogP contribution is -2.33. The van der Waals surface area contributed by atoms with Crippen molar-refractivity contribution in [2.75, 3.05) is 18.0 Å². The van der Waals surface area contributed by atoms with Gasteiger partial charge < -0.3 is 10.2 Å². The highest BCUT2D eigenvalue weighted by Gasteiger charge is 2.34.